The molecule has 2 aromatic heterocycles. The van der Waals surface area contributed by atoms with Crippen molar-refractivity contribution >= 4 is 0 Å². The lowest BCUT2D eigenvalue weighted by molar-refractivity contribution is -0.378. The molecule has 0 amide bonds. The second-order valence-electron chi connectivity index (χ2n) is 5.58. The summed E-state index contributed by atoms with van der Waals surface area (Å²) in [5, 5.41) is 13.2. The normalized spacial score (nSPS) is 11.0. The van der Waals surface area contributed by atoms with Crippen LogP contribution < -0.4 is 14.5 Å². The summed E-state index contributed by atoms with van der Waals surface area (Å²) in [6.07, 6.45) is 1.52. The predicted molar refractivity (Wildman–Crippen MR) is 91.3 cm³/mol. The molecule has 0 fully saturated rings. The molecule has 3 aromatic rings. The zero-order valence-electron chi connectivity index (χ0n) is 14.6. The maximum Gasteiger partial charge on any atom is 0.387 e. The standard InChI is InChI=1S/C18H18F2N4O3/c1-2-26-15-7-6-13(9-24-11-21-16(10-25)23-24)22-17(15)12-4-3-5-14(8-12)27-18(19)20/h3-8,11,18,25H,2,9-10H2,1H3/p+1. The Hall–Kier alpha value is -3.07. The molecule has 2 N–H and O–H groups in total. The Morgan fingerprint density at radius 3 is 2.81 bits per heavy atom. The monoisotopic (exact) mass is 377 g/mol. The van der Waals surface area contributed by atoms with Crippen LogP contribution in [-0.4, -0.2) is 33.1 Å². The summed E-state index contributed by atoms with van der Waals surface area (Å²) in [6.45, 7) is -0.423. The molecule has 9 heteroatoms. The zero-order valence-corrected chi connectivity index (χ0v) is 14.6. The average molecular weight is 377 g/mol. The largest absolute Gasteiger partial charge is 0.487 e. The smallest absolute Gasteiger partial charge is 0.387 e. The Labute approximate surface area is 154 Å². The van der Waals surface area contributed by atoms with Crippen LogP contribution in [0.2, 0.25) is 0 Å². The van der Waals surface area contributed by atoms with Crippen LogP contribution in [0.25, 0.3) is 11.3 Å². The summed E-state index contributed by atoms with van der Waals surface area (Å²) in [4.78, 5) is 7.22. The Bertz CT molecular complexity index is 902. The molecule has 0 aliphatic carbocycles. The van der Waals surface area contributed by atoms with Gasteiger partial charge in [-0.2, -0.15) is 13.9 Å². The average Bonchev–Trinajstić information content (AvgIpc) is 3.10. The van der Waals surface area contributed by atoms with Gasteiger partial charge in [-0.3, -0.25) is 0 Å². The fraction of sp³-hybridized carbons (Fsp3) is 0.278. The lowest BCUT2D eigenvalue weighted by Gasteiger charge is -2.09. The van der Waals surface area contributed by atoms with Gasteiger partial charge in [-0.25, -0.2) is 14.6 Å². The molecule has 0 unspecified atom stereocenters. The first-order valence-electron chi connectivity index (χ1n) is 8.31. The minimum absolute atomic E-state index is 0.0626. The van der Waals surface area contributed by atoms with Gasteiger partial charge in [0.2, 0.25) is 5.69 Å². The highest BCUT2D eigenvalue weighted by Gasteiger charge is 2.18. The van der Waals surface area contributed by atoms with E-state index >= 15 is 0 Å². The quantitative estimate of drug-likeness (QED) is 0.651. The number of pyridine rings is 1. The highest BCUT2D eigenvalue weighted by molar-refractivity contribution is 5.64. The van der Waals surface area contributed by atoms with Gasteiger partial charge in [0.1, 0.15) is 25.2 Å². The van der Waals surface area contributed by atoms with Gasteiger partial charge in [0.25, 0.3) is 5.69 Å². The molecular weight excluding hydrogens is 358 g/mol. The molecule has 0 aliphatic rings. The first-order chi connectivity index (χ1) is 13.1. The van der Waals surface area contributed by atoms with Gasteiger partial charge in [-0.05, 0) is 31.2 Å². The maximum atomic E-state index is 12.5. The molecule has 2 heterocycles. The highest BCUT2D eigenvalue weighted by atomic mass is 19.3. The molecule has 0 atom stereocenters. The molecule has 27 heavy (non-hydrogen) atoms. The van der Waals surface area contributed by atoms with Gasteiger partial charge in [0.15, 0.2) is 11.6 Å². The first kappa shape index (κ1) is 18.7. The van der Waals surface area contributed by atoms with Crippen molar-refractivity contribution in [1.82, 2.24) is 14.8 Å². The molecule has 1 aromatic carbocycles. The minimum atomic E-state index is -2.89. The van der Waals surface area contributed by atoms with Gasteiger partial charge in [-0.15, -0.1) is 0 Å². The molecule has 0 spiro atoms. The molecule has 0 saturated heterocycles. The summed E-state index contributed by atoms with van der Waals surface area (Å²) in [5.41, 5.74) is 2.08. The van der Waals surface area contributed by atoms with Crippen LogP contribution in [0, 0.1) is 0 Å². The number of aromatic nitrogens is 4. The molecule has 0 aliphatic heterocycles. The van der Waals surface area contributed by atoms with E-state index in [-0.39, 0.29) is 12.4 Å². The van der Waals surface area contributed by atoms with E-state index in [2.05, 4.69) is 19.8 Å². The van der Waals surface area contributed by atoms with E-state index in [1.54, 1.807) is 22.9 Å². The van der Waals surface area contributed by atoms with Crippen LogP contribution in [0.4, 0.5) is 8.78 Å². The summed E-state index contributed by atoms with van der Waals surface area (Å²) in [5.74, 6) is 0.982. The SMILES string of the molecule is CCOc1ccc(Cn2cnc(CO)n2)[nH+]c1-c1cccc(OC(F)F)c1. The van der Waals surface area contributed by atoms with Crippen molar-refractivity contribution in [3.8, 4) is 22.8 Å². The fourth-order valence-corrected chi connectivity index (χ4v) is 2.59. The van der Waals surface area contributed by atoms with Crippen molar-refractivity contribution in [2.24, 2.45) is 0 Å². The third-order valence-electron chi connectivity index (χ3n) is 3.67. The molecule has 7 nitrogen and oxygen atoms in total. The number of aliphatic hydroxyl groups is 1. The summed E-state index contributed by atoms with van der Waals surface area (Å²) in [6, 6.07) is 10.0. The van der Waals surface area contributed by atoms with Crippen molar-refractivity contribution in [3.63, 3.8) is 0 Å². The maximum absolute atomic E-state index is 12.5. The molecule has 0 saturated carbocycles. The number of nitrogens with zero attached hydrogens (tertiary/aromatic N) is 3. The number of benzene rings is 1. The van der Waals surface area contributed by atoms with Crippen LogP contribution >= 0.6 is 0 Å². The van der Waals surface area contributed by atoms with E-state index in [9.17, 15) is 8.78 Å². The lowest BCUT2D eigenvalue weighted by atomic mass is 10.1. The number of nitrogens with one attached hydrogen (secondary N) is 1. The Morgan fingerprint density at radius 1 is 1.26 bits per heavy atom. The van der Waals surface area contributed by atoms with Gasteiger partial charge >= 0.3 is 6.61 Å². The van der Waals surface area contributed by atoms with Gasteiger partial charge in [0, 0.05) is 6.07 Å². The van der Waals surface area contributed by atoms with Gasteiger partial charge < -0.3 is 14.6 Å². The second kappa shape index (κ2) is 8.54. The highest BCUT2D eigenvalue weighted by Crippen LogP contribution is 2.29. The van der Waals surface area contributed by atoms with Gasteiger partial charge in [-0.1, -0.05) is 6.07 Å². The molecule has 0 bridgehead atoms. The topological polar surface area (TPSA) is 83.5 Å². The number of aliphatic hydroxyl groups excluding tert-OH is 1. The Kier molecular flexibility index (Phi) is 5.92. The van der Waals surface area contributed by atoms with Crippen molar-refractivity contribution in [2.45, 2.75) is 26.7 Å². The van der Waals surface area contributed by atoms with Crippen molar-refractivity contribution in [3.05, 3.63) is 54.2 Å². The van der Waals surface area contributed by atoms with Crippen LogP contribution in [0.15, 0.2) is 42.7 Å². The molecule has 3 rings (SSSR count). The first-order valence-corrected chi connectivity index (χ1v) is 8.31. The van der Waals surface area contributed by atoms with E-state index in [1.165, 1.54) is 18.5 Å². The van der Waals surface area contributed by atoms with Crippen molar-refractivity contribution in [2.75, 3.05) is 6.61 Å². The van der Waals surface area contributed by atoms with E-state index < -0.39 is 6.61 Å². The van der Waals surface area contributed by atoms with Crippen LogP contribution in [0.3, 0.4) is 0 Å². The van der Waals surface area contributed by atoms with Crippen LogP contribution in [-0.2, 0) is 13.2 Å². The van der Waals surface area contributed by atoms with E-state index in [1.807, 2.05) is 13.0 Å². The zero-order chi connectivity index (χ0) is 19.2. The number of alkyl halides is 2. The fourth-order valence-electron chi connectivity index (χ4n) is 2.59. The van der Waals surface area contributed by atoms with E-state index in [4.69, 9.17) is 9.84 Å². The number of hydrogen-bond acceptors (Lipinski definition) is 5. The number of aromatic amines is 1. The third-order valence-corrected chi connectivity index (χ3v) is 3.67. The Balaban J connectivity index is 1.94. The van der Waals surface area contributed by atoms with Crippen LogP contribution in [0.5, 0.6) is 11.5 Å². The Morgan fingerprint density at radius 2 is 2.11 bits per heavy atom. The summed E-state index contributed by atoms with van der Waals surface area (Å²) < 4.78 is 36.7. The number of H-pyrrole nitrogens is 1. The van der Waals surface area contributed by atoms with E-state index in [0.29, 0.717) is 36.0 Å². The van der Waals surface area contributed by atoms with Crippen LogP contribution in [0.1, 0.15) is 18.4 Å². The van der Waals surface area contributed by atoms with Crippen molar-refractivity contribution in [1.29, 1.82) is 0 Å². The predicted octanol–water partition coefficient (Wildman–Crippen LogP) is 2.30. The number of hydrogen-bond donors (Lipinski definition) is 1. The number of ether oxygens (including phenoxy) is 2. The summed E-state index contributed by atoms with van der Waals surface area (Å²) in [7, 11) is 0. The summed E-state index contributed by atoms with van der Waals surface area (Å²) >= 11 is 0. The molecular formula is C18H19F2N4O3+. The number of halogens is 2. The van der Waals surface area contributed by atoms with Gasteiger partial charge in [0.05, 0.1) is 12.2 Å². The minimum Gasteiger partial charge on any atom is -0.487 e. The molecule has 0 radical (unpaired) electrons. The van der Waals surface area contributed by atoms with E-state index in [0.717, 1.165) is 5.69 Å². The second-order valence-corrected chi connectivity index (χ2v) is 5.58. The molecule has 142 valence electrons. The number of rotatable bonds is 8. The van der Waals surface area contributed by atoms with Crippen molar-refractivity contribution < 1.29 is 28.3 Å². The lowest BCUT2D eigenvalue weighted by Crippen LogP contribution is -2.19. The third kappa shape index (κ3) is 4.76.